The summed E-state index contributed by atoms with van der Waals surface area (Å²) >= 11 is 5.90. The highest BCUT2D eigenvalue weighted by Crippen LogP contribution is 2.21. The molecule has 0 radical (unpaired) electrons. The summed E-state index contributed by atoms with van der Waals surface area (Å²) in [5.41, 5.74) is 1.63. The van der Waals surface area contributed by atoms with Crippen LogP contribution in [0, 0.1) is 5.82 Å². The van der Waals surface area contributed by atoms with E-state index in [9.17, 15) is 4.39 Å². The first-order valence-electron chi connectivity index (χ1n) is 6.68. The third kappa shape index (κ3) is 3.34. The Morgan fingerprint density at radius 3 is 2.86 bits per heavy atom. The standard InChI is InChI=1S/C16H14ClFN2O/c17-13-3-1-2-11(8-13)10-21-15-5-4-12(9-14(15)18)16-19-6-7-20-16/h1-5,8-9H,6-7,10H2,(H,19,20). The molecule has 0 spiro atoms. The summed E-state index contributed by atoms with van der Waals surface area (Å²) in [6.45, 7) is 1.80. The lowest BCUT2D eigenvalue weighted by atomic mass is 10.2. The fraction of sp³-hybridized carbons (Fsp3) is 0.188. The van der Waals surface area contributed by atoms with Gasteiger partial charge >= 0.3 is 0 Å². The van der Waals surface area contributed by atoms with Gasteiger partial charge in [0.1, 0.15) is 12.4 Å². The number of nitrogens with zero attached hydrogens (tertiary/aromatic N) is 1. The topological polar surface area (TPSA) is 33.6 Å². The van der Waals surface area contributed by atoms with Crippen LogP contribution in [-0.4, -0.2) is 18.9 Å². The Kier molecular flexibility index (Phi) is 4.06. The van der Waals surface area contributed by atoms with Crippen molar-refractivity contribution in [2.75, 3.05) is 13.1 Å². The van der Waals surface area contributed by atoms with Crippen molar-refractivity contribution in [2.45, 2.75) is 6.61 Å². The van der Waals surface area contributed by atoms with Gasteiger partial charge in [-0.3, -0.25) is 4.99 Å². The fourth-order valence-corrected chi connectivity index (χ4v) is 2.36. The summed E-state index contributed by atoms with van der Waals surface area (Å²) < 4.78 is 19.6. The molecule has 0 bridgehead atoms. The minimum atomic E-state index is -0.397. The van der Waals surface area contributed by atoms with Crippen molar-refractivity contribution in [3.8, 4) is 5.75 Å². The number of aliphatic imine (C=N–C) groups is 1. The fourth-order valence-electron chi connectivity index (χ4n) is 2.14. The van der Waals surface area contributed by atoms with Gasteiger partial charge in [-0.25, -0.2) is 4.39 Å². The first-order valence-corrected chi connectivity index (χ1v) is 7.06. The first kappa shape index (κ1) is 13.9. The molecule has 5 heteroatoms. The summed E-state index contributed by atoms with van der Waals surface area (Å²) in [6.07, 6.45) is 0. The molecule has 3 nitrogen and oxygen atoms in total. The molecule has 0 amide bonds. The molecule has 0 unspecified atom stereocenters. The van der Waals surface area contributed by atoms with Gasteiger partial charge < -0.3 is 10.1 Å². The molecule has 2 aromatic rings. The van der Waals surface area contributed by atoms with Gasteiger partial charge in [-0.15, -0.1) is 0 Å². The Morgan fingerprint density at radius 2 is 2.14 bits per heavy atom. The molecule has 0 aromatic heterocycles. The Morgan fingerprint density at radius 1 is 1.24 bits per heavy atom. The third-order valence-electron chi connectivity index (χ3n) is 3.16. The van der Waals surface area contributed by atoms with E-state index in [2.05, 4.69) is 10.3 Å². The van der Waals surface area contributed by atoms with Gasteiger partial charge in [-0.1, -0.05) is 23.7 Å². The third-order valence-corrected chi connectivity index (χ3v) is 3.40. The summed E-state index contributed by atoms with van der Waals surface area (Å²) in [5, 5.41) is 3.75. The van der Waals surface area contributed by atoms with Gasteiger partial charge in [0.2, 0.25) is 0 Å². The van der Waals surface area contributed by atoms with Gasteiger partial charge in [0.05, 0.1) is 6.54 Å². The highest BCUT2D eigenvalue weighted by molar-refractivity contribution is 6.30. The van der Waals surface area contributed by atoms with Gasteiger partial charge in [0, 0.05) is 17.1 Å². The molecule has 0 fully saturated rings. The van der Waals surface area contributed by atoms with Crippen LogP contribution in [0.5, 0.6) is 5.75 Å². The highest BCUT2D eigenvalue weighted by atomic mass is 35.5. The van der Waals surface area contributed by atoms with Crippen molar-refractivity contribution in [2.24, 2.45) is 4.99 Å². The van der Waals surface area contributed by atoms with Crippen molar-refractivity contribution in [1.82, 2.24) is 5.32 Å². The SMILES string of the molecule is Fc1cc(C2=NCCN2)ccc1OCc1cccc(Cl)c1. The Labute approximate surface area is 127 Å². The number of ether oxygens (including phenoxy) is 1. The van der Waals surface area contributed by atoms with Gasteiger partial charge in [-0.2, -0.15) is 0 Å². The zero-order valence-electron chi connectivity index (χ0n) is 11.3. The number of halogens is 2. The number of rotatable bonds is 4. The number of amidine groups is 1. The molecule has 2 aromatic carbocycles. The molecule has 21 heavy (non-hydrogen) atoms. The van der Waals surface area contributed by atoms with Gasteiger partial charge in [0.25, 0.3) is 0 Å². The monoisotopic (exact) mass is 304 g/mol. The van der Waals surface area contributed by atoms with Crippen molar-refractivity contribution in [1.29, 1.82) is 0 Å². The molecular weight excluding hydrogens is 291 g/mol. The molecular formula is C16H14ClFN2O. The molecule has 0 saturated heterocycles. The summed E-state index contributed by atoms with van der Waals surface area (Å²) in [7, 11) is 0. The number of nitrogens with one attached hydrogen (secondary N) is 1. The van der Waals surface area contributed by atoms with Crippen molar-refractivity contribution in [3.05, 3.63) is 64.4 Å². The van der Waals surface area contributed by atoms with Crippen molar-refractivity contribution < 1.29 is 9.13 Å². The van der Waals surface area contributed by atoms with E-state index >= 15 is 0 Å². The predicted molar refractivity (Wildman–Crippen MR) is 81.6 cm³/mol. The van der Waals surface area contributed by atoms with E-state index in [1.165, 1.54) is 6.07 Å². The van der Waals surface area contributed by atoms with Gasteiger partial charge in [0.15, 0.2) is 11.6 Å². The van der Waals surface area contributed by atoms with E-state index in [0.29, 0.717) is 5.02 Å². The maximum Gasteiger partial charge on any atom is 0.165 e. The normalized spacial score (nSPS) is 13.7. The maximum absolute atomic E-state index is 14.1. The van der Waals surface area contributed by atoms with E-state index in [-0.39, 0.29) is 12.4 Å². The molecule has 3 rings (SSSR count). The van der Waals surface area contributed by atoms with Crippen LogP contribution < -0.4 is 10.1 Å². The molecule has 0 aliphatic carbocycles. The first-order chi connectivity index (χ1) is 10.2. The van der Waals surface area contributed by atoms with Gasteiger partial charge in [-0.05, 0) is 35.9 Å². The van der Waals surface area contributed by atoms with Crippen LogP contribution in [-0.2, 0) is 6.61 Å². The second-order valence-electron chi connectivity index (χ2n) is 4.72. The quantitative estimate of drug-likeness (QED) is 0.939. The second-order valence-corrected chi connectivity index (χ2v) is 5.16. The van der Waals surface area contributed by atoms with E-state index in [1.807, 2.05) is 12.1 Å². The maximum atomic E-state index is 14.1. The van der Waals surface area contributed by atoms with E-state index < -0.39 is 5.82 Å². The lowest BCUT2D eigenvalue weighted by Crippen LogP contribution is -2.19. The summed E-state index contributed by atoms with van der Waals surface area (Å²) in [5.74, 6) is 0.554. The molecule has 1 N–H and O–H groups in total. The minimum absolute atomic E-state index is 0.220. The summed E-state index contributed by atoms with van der Waals surface area (Å²) in [4.78, 5) is 4.26. The molecule has 1 aliphatic rings. The largest absolute Gasteiger partial charge is 0.486 e. The lowest BCUT2D eigenvalue weighted by Gasteiger charge is -2.09. The minimum Gasteiger partial charge on any atom is -0.486 e. The second kappa shape index (κ2) is 6.14. The van der Waals surface area contributed by atoms with Crippen molar-refractivity contribution >= 4 is 17.4 Å². The van der Waals surface area contributed by atoms with Crippen molar-refractivity contribution in [3.63, 3.8) is 0 Å². The van der Waals surface area contributed by atoms with Crippen LogP contribution >= 0.6 is 11.6 Å². The smallest absolute Gasteiger partial charge is 0.165 e. The van der Waals surface area contributed by atoms with E-state index in [4.69, 9.17) is 16.3 Å². The van der Waals surface area contributed by atoms with Crippen LogP contribution in [0.15, 0.2) is 47.5 Å². The predicted octanol–water partition coefficient (Wildman–Crippen LogP) is 3.41. The lowest BCUT2D eigenvalue weighted by molar-refractivity contribution is 0.290. The van der Waals surface area contributed by atoms with Crippen LogP contribution in [0.25, 0.3) is 0 Å². The molecule has 108 valence electrons. The van der Waals surface area contributed by atoms with Crippen LogP contribution in [0.3, 0.4) is 0 Å². The zero-order valence-corrected chi connectivity index (χ0v) is 12.0. The number of hydrogen-bond donors (Lipinski definition) is 1. The Hall–Kier alpha value is -2.07. The highest BCUT2D eigenvalue weighted by Gasteiger charge is 2.11. The van der Waals surface area contributed by atoms with E-state index in [1.54, 1.807) is 24.3 Å². The van der Waals surface area contributed by atoms with Crippen LogP contribution in [0.2, 0.25) is 5.02 Å². The molecule has 0 saturated carbocycles. The Balaban J connectivity index is 1.71. The Bertz CT molecular complexity index is 688. The average molecular weight is 305 g/mol. The van der Waals surface area contributed by atoms with Crippen LogP contribution in [0.1, 0.15) is 11.1 Å². The number of hydrogen-bond acceptors (Lipinski definition) is 3. The van der Waals surface area contributed by atoms with E-state index in [0.717, 1.165) is 30.1 Å². The average Bonchev–Trinajstić information content (AvgIpc) is 3.00. The molecule has 1 aliphatic heterocycles. The zero-order chi connectivity index (χ0) is 14.7. The molecule has 1 heterocycles. The molecule has 0 atom stereocenters. The van der Waals surface area contributed by atoms with Crippen LogP contribution in [0.4, 0.5) is 4.39 Å². The number of benzene rings is 2. The summed E-state index contributed by atoms with van der Waals surface area (Å²) in [6, 6.07) is 12.2.